The van der Waals surface area contributed by atoms with Gasteiger partial charge in [0.15, 0.2) is 6.10 Å². The van der Waals surface area contributed by atoms with Gasteiger partial charge in [-0.15, -0.1) is 0 Å². The molecule has 16 heavy (non-hydrogen) atoms. The molecule has 0 fully saturated rings. The Kier molecular flexibility index (Phi) is 11.3. The molecule has 5 nitrogen and oxygen atoms in total. The quantitative estimate of drug-likeness (QED) is 0.738. The minimum Gasteiger partial charge on any atom is -0.462 e. The van der Waals surface area contributed by atoms with E-state index in [-0.39, 0.29) is 13.2 Å². The van der Waals surface area contributed by atoms with Gasteiger partial charge in [-0.05, 0) is 5.92 Å². The van der Waals surface area contributed by atoms with E-state index in [2.05, 4.69) is 30.2 Å². The molecule has 96 valence electrons. The van der Waals surface area contributed by atoms with Crippen LogP contribution in [0.5, 0.6) is 0 Å². The normalized spacial score (nSPS) is 11.2. The molecule has 0 rings (SSSR count). The fraction of sp³-hybridized carbons (Fsp3) is 0.818. The summed E-state index contributed by atoms with van der Waals surface area (Å²) in [5, 5.41) is 8.62. The second kappa shape index (κ2) is 10.4. The number of aliphatic hydroxyl groups excluding tert-OH is 1. The van der Waals surface area contributed by atoms with Gasteiger partial charge in [0.1, 0.15) is 6.61 Å². The van der Waals surface area contributed by atoms with Crippen LogP contribution in [-0.4, -0.2) is 36.4 Å². The first-order valence-corrected chi connectivity index (χ1v) is 5.21. The fourth-order valence-electron chi connectivity index (χ4n) is 0.569. The van der Waals surface area contributed by atoms with Crippen molar-refractivity contribution in [3.63, 3.8) is 0 Å². The van der Waals surface area contributed by atoms with Crippen molar-refractivity contribution in [1.29, 1.82) is 0 Å². The zero-order chi connectivity index (χ0) is 13.1. The number of esters is 2. The van der Waals surface area contributed by atoms with E-state index in [0.29, 0.717) is 0 Å². The van der Waals surface area contributed by atoms with E-state index in [0.717, 1.165) is 5.92 Å². The van der Waals surface area contributed by atoms with Gasteiger partial charge in [-0.1, -0.05) is 20.8 Å². The molecule has 0 aliphatic carbocycles. The maximum absolute atomic E-state index is 10.4. The molecule has 0 heterocycles. The van der Waals surface area contributed by atoms with Crippen LogP contribution in [0.3, 0.4) is 0 Å². The Balaban J connectivity index is 0. The van der Waals surface area contributed by atoms with Gasteiger partial charge in [0.05, 0.1) is 6.61 Å². The highest BCUT2D eigenvalue weighted by Gasteiger charge is 2.11. The van der Waals surface area contributed by atoms with E-state index >= 15 is 0 Å². The van der Waals surface area contributed by atoms with Crippen LogP contribution in [0.15, 0.2) is 0 Å². The first-order valence-electron chi connectivity index (χ1n) is 5.21. The topological polar surface area (TPSA) is 72.8 Å². The highest BCUT2D eigenvalue weighted by molar-refractivity contribution is 5.67. The van der Waals surface area contributed by atoms with Crippen LogP contribution in [0.25, 0.3) is 0 Å². The standard InChI is InChI=1S/C7H12O5.C4H10/c1-5(9)11-4-7(3-8)12-6(2)10;1-4(2)3/h7-8H,3-4H2,1-2H3;4H,1-3H3. The maximum Gasteiger partial charge on any atom is 0.303 e. The fourth-order valence-corrected chi connectivity index (χ4v) is 0.569. The Labute approximate surface area is 96.7 Å². The van der Waals surface area contributed by atoms with Gasteiger partial charge in [-0.3, -0.25) is 9.59 Å². The number of hydrogen-bond acceptors (Lipinski definition) is 5. The van der Waals surface area contributed by atoms with Crippen LogP contribution in [0, 0.1) is 5.92 Å². The molecule has 1 N–H and O–H groups in total. The van der Waals surface area contributed by atoms with Crippen molar-refractivity contribution in [2.45, 2.75) is 40.7 Å². The molecule has 0 aromatic rings. The van der Waals surface area contributed by atoms with Crippen molar-refractivity contribution in [1.82, 2.24) is 0 Å². The first-order chi connectivity index (χ1) is 7.29. The van der Waals surface area contributed by atoms with Crippen LogP contribution in [0.1, 0.15) is 34.6 Å². The third-order valence-corrected chi connectivity index (χ3v) is 1.01. The predicted molar refractivity (Wildman–Crippen MR) is 59.8 cm³/mol. The van der Waals surface area contributed by atoms with Crippen molar-refractivity contribution < 1.29 is 24.2 Å². The van der Waals surface area contributed by atoms with Gasteiger partial charge in [0.25, 0.3) is 0 Å². The Morgan fingerprint density at radius 2 is 1.56 bits per heavy atom. The minimum absolute atomic E-state index is 0.106. The van der Waals surface area contributed by atoms with Crippen LogP contribution < -0.4 is 0 Å². The molecule has 1 atom stereocenters. The van der Waals surface area contributed by atoms with Gasteiger partial charge >= 0.3 is 11.9 Å². The largest absolute Gasteiger partial charge is 0.462 e. The first kappa shape index (κ1) is 17.3. The monoisotopic (exact) mass is 234 g/mol. The van der Waals surface area contributed by atoms with Crippen molar-refractivity contribution >= 4 is 11.9 Å². The summed E-state index contributed by atoms with van der Waals surface area (Å²) in [6.07, 6.45) is -0.758. The van der Waals surface area contributed by atoms with Crippen LogP contribution in [0.4, 0.5) is 0 Å². The number of aliphatic hydroxyl groups is 1. The summed E-state index contributed by atoms with van der Waals surface area (Å²) < 4.78 is 9.10. The second-order valence-corrected chi connectivity index (χ2v) is 3.95. The average molecular weight is 234 g/mol. The Hall–Kier alpha value is -1.10. The number of carbonyl (C=O) groups is 2. The number of carbonyl (C=O) groups excluding carboxylic acids is 2. The Morgan fingerprint density at radius 1 is 1.12 bits per heavy atom. The molecule has 0 saturated heterocycles. The third-order valence-electron chi connectivity index (χ3n) is 1.01. The van der Waals surface area contributed by atoms with Gasteiger partial charge in [-0.25, -0.2) is 0 Å². The van der Waals surface area contributed by atoms with Crippen molar-refractivity contribution in [2.24, 2.45) is 5.92 Å². The summed E-state index contributed by atoms with van der Waals surface area (Å²) in [5.74, 6) is -0.151. The number of rotatable bonds is 4. The summed E-state index contributed by atoms with van der Waals surface area (Å²) in [6, 6.07) is 0. The summed E-state index contributed by atoms with van der Waals surface area (Å²) >= 11 is 0. The maximum atomic E-state index is 10.4. The number of hydrogen-bond donors (Lipinski definition) is 1. The zero-order valence-electron chi connectivity index (χ0n) is 10.6. The molecule has 0 amide bonds. The zero-order valence-corrected chi connectivity index (χ0v) is 10.6. The lowest BCUT2D eigenvalue weighted by atomic mass is 10.3. The SMILES string of the molecule is CC(=O)OCC(CO)OC(C)=O.CC(C)C. The van der Waals surface area contributed by atoms with Gasteiger partial charge in [0, 0.05) is 13.8 Å². The highest BCUT2D eigenvalue weighted by atomic mass is 16.6. The van der Waals surface area contributed by atoms with E-state index in [9.17, 15) is 9.59 Å². The molecule has 0 aromatic heterocycles. The summed E-state index contributed by atoms with van der Waals surface area (Å²) in [4.78, 5) is 20.7. The van der Waals surface area contributed by atoms with Crippen molar-refractivity contribution in [3.05, 3.63) is 0 Å². The Bertz CT molecular complexity index is 198. The molecule has 0 aromatic carbocycles. The summed E-state index contributed by atoms with van der Waals surface area (Å²) in [6.45, 7) is 8.50. The average Bonchev–Trinajstić information content (AvgIpc) is 2.10. The molecule has 0 spiro atoms. The molecule has 0 aliphatic heterocycles. The van der Waals surface area contributed by atoms with E-state index in [1.165, 1.54) is 13.8 Å². The summed E-state index contributed by atoms with van der Waals surface area (Å²) in [5.41, 5.74) is 0. The van der Waals surface area contributed by atoms with Crippen LogP contribution >= 0.6 is 0 Å². The molecular weight excluding hydrogens is 212 g/mol. The van der Waals surface area contributed by atoms with E-state index in [1.807, 2.05) is 0 Å². The minimum atomic E-state index is -0.758. The summed E-state index contributed by atoms with van der Waals surface area (Å²) in [7, 11) is 0. The van der Waals surface area contributed by atoms with Crippen molar-refractivity contribution in [2.75, 3.05) is 13.2 Å². The molecule has 1 unspecified atom stereocenters. The molecule has 0 bridgehead atoms. The lowest BCUT2D eigenvalue weighted by Gasteiger charge is -2.13. The lowest BCUT2D eigenvalue weighted by molar-refractivity contribution is -0.158. The van der Waals surface area contributed by atoms with Gasteiger partial charge in [-0.2, -0.15) is 0 Å². The van der Waals surface area contributed by atoms with Gasteiger partial charge in [0.2, 0.25) is 0 Å². The Morgan fingerprint density at radius 3 is 1.81 bits per heavy atom. The molecule has 0 saturated carbocycles. The number of ether oxygens (including phenoxy) is 2. The highest BCUT2D eigenvalue weighted by Crippen LogP contribution is 1.93. The molecule has 0 radical (unpaired) electrons. The van der Waals surface area contributed by atoms with E-state index in [4.69, 9.17) is 5.11 Å². The lowest BCUT2D eigenvalue weighted by Crippen LogP contribution is -2.26. The van der Waals surface area contributed by atoms with E-state index in [1.54, 1.807) is 0 Å². The molecule has 5 heteroatoms. The molecular formula is C11H22O5. The predicted octanol–water partition coefficient (Wildman–Crippen LogP) is 1.14. The van der Waals surface area contributed by atoms with Crippen LogP contribution in [-0.2, 0) is 19.1 Å². The van der Waals surface area contributed by atoms with E-state index < -0.39 is 18.0 Å². The van der Waals surface area contributed by atoms with Crippen molar-refractivity contribution in [3.8, 4) is 0 Å². The second-order valence-electron chi connectivity index (χ2n) is 3.95. The van der Waals surface area contributed by atoms with Gasteiger partial charge < -0.3 is 14.6 Å². The third kappa shape index (κ3) is 18.6. The smallest absolute Gasteiger partial charge is 0.303 e. The van der Waals surface area contributed by atoms with Crippen LogP contribution in [0.2, 0.25) is 0 Å². The molecule has 0 aliphatic rings.